The maximum atomic E-state index is 8.76. The van der Waals surface area contributed by atoms with Crippen molar-refractivity contribution in [3.8, 4) is 0 Å². The van der Waals surface area contributed by atoms with Crippen LogP contribution in [0.3, 0.4) is 0 Å². The summed E-state index contributed by atoms with van der Waals surface area (Å²) < 4.78 is 1.91. The zero-order valence-corrected chi connectivity index (χ0v) is 10.7. The second-order valence-corrected chi connectivity index (χ2v) is 4.02. The quantitative estimate of drug-likeness (QED) is 0.346. The first-order valence-corrected chi connectivity index (χ1v) is 5.59. The molecular formula is C11H15N7O. The van der Waals surface area contributed by atoms with Crippen LogP contribution >= 0.6 is 0 Å². The molecule has 0 saturated carbocycles. The molecule has 19 heavy (non-hydrogen) atoms. The first-order chi connectivity index (χ1) is 9.13. The van der Waals surface area contributed by atoms with Gasteiger partial charge >= 0.3 is 0 Å². The fourth-order valence-electron chi connectivity index (χ4n) is 1.67. The second-order valence-electron chi connectivity index (χ2n) is 4.02. The van der Waals surface area contributed by atoms with E-state index in [2.05, 4.69) is 20.1 Å². The fourth-order valence-corrected chi connectivity index (χ4v) is 1.67. The van der Waals surface area contributed by atoms with Gasteiger partial charge in [-0.25, -0.2) is 15.0 Å². The number of aromatic nitrogens is 4. The van der Waals surface area contributed by atoms with E-state index in [1.54, 1.807) is 12.4 Å². The summed E-state index contributed by atoms with van der Waals surface area (Å²) in [5.74, 6) is 1.33. The summed E-state index contributed by atoms with van der Waals surface area (Å²) in [6.07, 6.45) is 6.64. The number of amidine groups is 1. The lowest BCUT2D eigenvalue weighted by molar-refractivity contribution is 0.318. The number of nitrogens with two attached hydrogens (primary N) is 1. The summed E-state index contributed by atoms with van der Waals surface area (Å²) in [5, 5.41) is 11.7. The molecule has 3 N–H and O–H groups in total. The van der Waals surface area contributed by atoms with Gasteiger partial charge in [-0.3, -0.25) is 0 Å². The molecule has 2 aromatic rings. The van der Waals surface area contributed by atoms with Crippen LogP contribution in [0, 0.1) is 0 Å². The first kappa shape index (κ1) is 12.8. The largest absolute Gasteiger partial charge is 0.409 e. The number of hydrogen-bond donors (Lipinski definition) is 2. The molecule has 0 bridgehead atoms. The maximum Gasteiger partial charge on any atom is 0.192 e. The van der Waals surface area contributed by atoms with E-state index in [4.69, 9.17) is 10.9 Å². The van der Waals surface area contributed by atoms with Crippen molar-refractivity contribution in [3.63, 3.8) is 0 Å². The van der Waals surface area contributed by atoms with Crippen molar-refractivity contribution in [1.29, 1.82) is 0 Å². The topological polar surface area (TPSA) is 105 Å². The van der Waals surface area contributed by atoms with Crippen molar-refractivity contribution in [1.82, 2.24) is 19.5 Å². The molecule has 2 rings (SSSR count). The Morgan fingerprint density at radius 2 is 2.11 bits per heavy atom. The summed E-state index contributed by atoms with van der Waals surface area (Å²) in [6, 6.07) is 0. The molecule has 2 heterocycles. The third-order valence-electron chi connectivity index (χ3n) is 2.69. The van der Waals surface area contributed by atoms with Crippen LogP contribution in [0.1, 0.15) is 11.5 Å². The number of nitrogens with zero attached hydrogens (tertiary/aromatic N) is 6. The first-order valence-electron chi connectivity index (χ1n) is 5.59. The third-order valence-corrected chi connectivity index (χ3v) is 2.69. The van der Waals surface area contributed by atoms with Gasteiger partial charge in [-0.2, -0.15) is 0 Å². The molecule has 0 aromatic carbocycles. The average molecular weight is 261 g/mol. The highest BCUT2D eigenvalue weighted by molar-refractivity contribution is 5.99. The van der Waals surface area contributed by atoms with Crippen LogP contribution < -0.4 is 10.6 Å². The molecular weight excluding hydrogens is 246 g/mol. The van der Waals surface area contributed by atoms with E-state index in [1.165, 1.54) is 6.20 Å². The highest BCUT2D eigenvalue weighted by Gasteiger charge is 2.15. The van der Waals surface area contributed by atoms with Gasteiger partial charge in [0, 0.05) is 38.9 Å². The van der Waals surface area contributed by atoms with Crippen LogP contribution in [-0.4, -0.2) is 37.6 Å². The summed E-state index contributed by atoms with van der Waals surface area (Å²) in [5.41, 5.74) is 5.92. The summed E-state index contributed by atoms with van der Waals surface area (Å²) in [6.45, 7) is 0.536. The van der Waals surface area contributed by atoms with E-state index < -0.39 is 0 Å². The molecule has 0 radical (unpaired) electrons. The van der Waals surface area contributed by atoms with Crippen molar-refractivity contribution in [3.05, 3.63) is 36.3 Å². The highest BCUT2D eigenvalue weighted by Crippen LogP contribution is 2.15. The number of oxime groups is 1. The molecule has 0 atom stereocenters. The zero-order valence-electron chi connectivity index (χ0n) is 10.7. The fraction of sp³-hybridized carbons (Fsp3) is 0.273. The predicted molar refractivity (Wildman–Crippen MR) is 69.9 cm³/mol. The van der Waals surface area contributed by atoms with Crippen molar-refractivity contribution in [2.24, 2.45) is 17.9 Å². The third kappa shape index (κ3) is 2.62. The van der Waals surface area contributed by atoms with E-state index in [1.807, 2.05) is 29.8 Å². The molecule has 0 unspecified atom stereocenters. The van der Waals surface area contributed by atoms with Gasteiger partial charge in [-0.15, -0.1) is 0 Å². The van der Waals surface area contributed by atoms with Crippen LogP contribution in [0.5, 0.6) is 0 Å². The lowest BCUT2D eigenvalue weighted by atomic mass is 10.3. The number of imidazole rings is 1. The van der Waals surface area contributed by atoms with Crippen molar-refractivity contribution >= 4 is 11.7 Å². The van der Waals surface area contributed by atoms with Crippen LogP contribution in [0.15, 0.2) is 29.9 Å². The number of hydrogen-bond acceptors (Lipinski definition) is 6. The summed E-state index contributed by atoms with van der Waals surface area (Å²) >= 11 is 0. The van der Waals surface area contributed by atoms with Crippen molar-refractivity contribution < 1.29 is 5.21 Å². The number of anilines is 1. The van der Waals surface area contributed by atoms with E-state index in [9.17, 15) is 0 Å². The molecule has 2 aromatic heterocycles. The Labute approximate surface area is 110 Å². The molecule has 8 heteroatoms. The van der Waals surface area contributed by atoms with Gasteiger partial charge in [0.05, 0.1) is 6.54 Å². The standard InChI is InChI=1S/C11H15N7O/c1-17-6-5-13-8(17)7-18(2)11-9(10(12)16-19)14-3-4-15-11/h3-6,19H,7H2,1-2H3,(H2,12,16). The Morgan fingerprint density at radius 3 is 2.74 bits per heavy atom. The van der Waals surface area contributed by atoms with E-state index in [-0.39, 0.29) is 5.84 Å². The normalized spacial score (nSPS) is 11.6. The summed E-state index contributed by atoms with van der Waals surface area (Å²) in [4.78, 5) is 14.4. The van der Waals surface area contributed by atoms with Gasteiger partial charge in [0.15, 0.2) is 17.3 Å². The van der Waals surface area contributed by atoms with Gasteiger partial charge in [-0.1, -0.05) is 5.16 Å². The van der Waals surface area contributed by atoms with Crippen molar-refractivity contribution in [2.45, 2.75) is 6.54 Å². The smallest absolute Gasteiger partial charge is 0.192 e. The lowest BCUT2D eigenvalue weighted by Gasteiger charge is -2.19. The van der Waals surface area contributed by atoms with Gasteiger partial charge in [0.25, 0.3) is 0 Å². The van der Waals surface area contributed by atoms with Crippen LogP contribution in [0.4, 0.5) is 5.82 Å². The van der Waals surface area contributed by atoms with Gasteiger partial charge in [0.1, 0.15) is 5.82 Å². The minimum atomic E-state index is -0.0743. The molecule has 8 nitrogen and oxygen atoms in total. The van der Waals surface area contributed by atoms with Crippen LogP contribution in [-0.2, 0) is 13.6 Å². The molecule has 0 fully saturated rings. The average Bonchev–Trinajstić information content (AvgIpc) is 2.83. The number of aryl methyl sites for hydroxylation is 1. The van der Waals surface area contributed by atoms with E-state index in [0.29, 0.717) is 18.1 Å². The summed E-state index contributed by atoms with van der Waals surface area (Å²) in [7, 11) is 3.75. The monoisotopic (exact) mass is 261 g/mol. The zero-order chi connectivity index (χ0) is 13.8. The Bertz CT molecular complexity index is 592. The second kappa shape index (κ2) is 5.34. The Kier molecular flexibility index (Phi) is 3.60. The van der Waals surface area contributed by atoms with E-state index >= 15 is 0 Å². The molecule has 0 aliphatic carbocycles. The van der Waals surface area contributed by atoms with Crippen molar-refractivity contribution in [2.75, 3.05) is 11.9 Å². The molecule has 0 saturated heterocycles. The van der Waals surface area contributed by atoms with Gasteiger partial charge in [-0.05, 0) is 0 Å². The predicted octanol–water partition coefficient (Wildman–Crippen LogP) is -0.0590. The Hall–Kier alpha value is -2.64. The molecule has 0 aliphatic heterocycles. The Morgan fingerprint density at radius 1 is 1.37 bits per heavy atom. The van der Waals surface area contributed by atoms with Crippen LogP contribution in [0.25, 0.3) is 0 Å². The SMILES string of the molecule is CN(Cc1nccn1C)c1nccnc1C(N)=NO. The minimum Gasteiger partial charge on any atom is -0.409 e. The van der Waals surface area contributed by atoms with Gasteiger partial charge < -0.3 is 20.4 Å². The highest BCUT2D eigenvalue weighted by atomic mass is 16.4. The maximum absolute atomic E-state index is 8.76. The number of rotatable bonds is 4. The molecule has 0 spiro atoms. The Balaban J connectivity index is 2.29. The van der Waals surface area contributed by atoms with Gasteiger partial charge in [0.2, 0.25) is 0 Å². The van der Waals surface area contributed by atoms with Crippen LogP contribution in [0.2, 0.25) is 0 Å². The molecule has 0 aliphatic rings. The molecule has 0 amide bonds. The lowest BCUT2D eigenvalue weighted by Crippen LogP contribution is -2.26. The molecule has 100 valence electrons. The minimum absolute atomic E-state index is 0.0743. The van der Waals surface area contributed by atoms with E-state index in [0.717, 1.165) is 5.82 Å².